The molecular formula is C17H19N3. The Labute approximate surface area is 118 Å². The lowest BCUT2D eigenvalue weighted by atomic mass is 10.0. The lowest BCUT2D eigenvalue weighted by molar-refractivity contribution is 0.871. The second-order valence-electron chi connectivity index (χ2n) is 5.95. The van der Waals surface area contributed by atoms with Crippen LogP contribution in [0, 0.1) is 0 Å². The van der Waals surface area contributed by atoms with Gasteiger partial charge in [0, 0.05) is 12.0 Å². The number of hydrogen-bond acceptors (Lipinski definition) is 1. The van der Waals surface area contributed by atoms with E-state index in [0.717, 1.165) is 6.42 Å². The molecule has 0 bridgehead atoms. The topological polar surface area (TPSA) is 50.4 Å². The molecule has 20 heavy (non-hydrogen) atoms. The second kappa shape index (κ2) is 4.51. The van der Waals surface area contributed by atoms with Crippen molar-refractivity contribution in [3.63, 3.8) is 0 Å². The Bertz CT molecular complexity index is 673. The summed E-state index contributed by atoms with van der Waals surface area (Å²) < 4.78 is 0. The first-order chi connectivity index (χ1) is 9.79. The van der Waals surface area contributed by atoms with Crippen LogP contribution in [-0.4, -0.2) is 18.0 Å². The van der Waals surface area contributed by atoms with Crippen LogP contribution in [0.25, 0.3) is 10.8 Å². The fraction of sp³-hybridized carbons (Fsp3) is 0.353. The molecular weight excluding hydrogens is 246 g/mol. The maximum Gasteiger partial charge on any atom is 0.189 e. The number of benzene rings is 2. The van der Waals surface area contributed by atoms with E-state index in [1.54, 1.807) is 0 Å². The number of nitrogens with one attached hydrogen (secondary N) is 1. The van der Waals surface area contributed by atoms with E-state index in [-0.39, 0.29) is 0 Å². The van der Waals surface area contributed by atoms with Gasteiger partial charge >= 0.3 is 0 Å². The smallest absolute Gasteiger partial charge is 0.189 e. The number of nitrogens with zero attached hydrogens (tertiary/aromatic N) is 1. The zero-order valence-electron chi connectivity index (χ0n) is 11.4. The summed E-state index contributed by atoms with van der Waals surface area (Å²) in [6.07, 6.45) is 3.58. The highest BCUT2D eigenvalue weighted by Gasteiger charge is 2.38. The zero-order chi connectivity index (χ0) is 13.5. The predicted molar refractivity (Wildman–Crippen MR) is 82.9 cm³/mol. The van der Waals surface area contributed by atoms with Gasteiger partial charge in [-0.05, 0) is 35.6 Å². The van der Waals surface area contributed by atoms with Crippen molar-refractivity contribution >= 4 is 16.7 Å². The summed E-state index contributed by atoms with van der Waals surface area (Å²) in [6.45, 7) is 0. The lowest BCUT2D eigenvalue weighted by Gasteiger charge is -2.04. The molecule has 2 atom stereocenters. The molecule has 0 saturated heterocycles. The Balaban J connectivity index is 1.50. The second-order valence-corrected chi connectivity index (χ2v) is 5.95. The molecule has 2 saturated carbocycles. The van der Waals surface area contributed by atoms with E-state index in [2.05, 4.69) is 52.8 Å². The molecule has 4 rings (SSSR count). The van der Waals surface area contributed by atoms with Gasteiger partial charge in [0.05, 0.1) is 6.04 Å². The molecule has 0 unspecified atom stereocenters. The van der Waals surface area contributed by atoms with Crippen LogP contribution in [0.2, 0.25) is 0 Å². The van der Waals surface area contributed by atoms with Gasteiger partial charge in [-0.25, -0.2) is 4.99 Å². The van der Waals surface area contributed by atoms with Gasteiger partial charge in [-0.3, -0.25) is 0 Å². The average molecular weight is 265 g/mol. The molecule has 0 spiro atoms. The highest BCUT2D eigenvalue weighted by molar-refractivity contribution is 5.83. The van der Waals surface area contributed by atoms with Gasteiger partial charge in [0.15, 0.2) is 5.96 Å². The van der Waals surface area contributed by atoms with Crippen molar-refractivity contribution in [1.82, 2.24) is 5.32 Å². The molecule has 2 fully saturated rings. The van der Waals surface area contributed by atoms with E-state index in [4.69, 9.17) is 5.73 Å². The van der Waals surface area contributed by atoms with E-state index in [1.807, 2.05) is 0 Å². The molecule has 102 valence electrons. The Morgan fingerprint density at radius 2 is 1.90 bits per heavy atom. The van der Waals surface area contributed by atoms with Crippen LogP contribution in [0.1, 0.15) is 30.7 Å². The molecule has 0 aromatic heterocycles. The molecule has 2 aromatic carbocycles. The van der Waals surface area contributed by atoms with Crippen molar-refractivity contribution in [2.24, 2.45) is 10.7 Å². The van der Waals surface area contributed by atoms with Crippen molar-refractivity contribution in [3.05, 3.63) is 48.0 Å². The minimum atomic E-state index is 0.363. The van der Waals surface area contributed by atoms with Crippen LogP contribution in [0.4, 0.5) is 0 Å². The van der Waals surface area contributed by atoms with Crippen LogP contribution in [0.15, 0.2) is 47.5 Å². The Hall–Kier alpha value is -2.03. The molecule has 0 amide bonds. The summed E-state index contributed by atoms with van der Waals surface area (Å²) in [4.78, 5) is 4.59. The number of rotatable bonds is 3. The van der Waals surface area contributed by atoms with Gasteiger partial charge < -0.3 is 11.1 Å². The quantitative estimate of drug-likeness (QED) is 0.662. The predicted octanol–water partition coefficient (Wildman–Crippen LogP) is 2.76. The minimum Gasteiger partial charge on any atom is -0.370 e. The van der Waals surface area contributed by atoms with Crippen molar-refractivity contribution in [2.45, 2.75) is 37.3 Å². The molecule has 3 nitrogen and oxygen atoms in total. The van der Waals surface area contributed by atoms with Crippen molar-refractivity contribution in [2.75, 3.05) is 0 Å². The third-order valence-electron chi connectivity index (χ3n) is 4.19. The first-order valence-electron chi connectivity index (χ1n) is 7.38. The van der Waals surface area contributed by atoms with Gasteiger partial charge in [-0.1, -0.05) is 42.5 Å². The molecule has 0 radical (unpaired) electrons. The number of hydrogen-bond donors (Lipinski definition) is 2. The summed E-state index contributed by atoms with van der Waals surface area (Å²) in [5, 5.41) is 5.86. The summed E-state index contributed by atoms with van der Waals surface area (Å²) in [7, 11) is 0. The summed E-state index contributed by atoms with van der Waals surface area (Å²) in [5.41, 5.74) is 7.31. The van der Waals surface area contributed by atoms with Gasteiger partial charge in [0.1, 0.15) is 0 Å². The fourth-order valence-electron chi connectivity index (χ4n) is 2.77. The Morgan fingerprint density at radius 3 is 2.70 bits per heavy atom. The maximum absolute atomic E-state index is 5.93. The first kappa shape index (κ1) is 11.8. The number of fused-ring (bicyclic) bond motifs is 1. The first-order valence-corrected chi connectivity index (χ1v) is 7.38. The molecule has 3 heteroatoms. The van der Waals surface area contributed by atoms with Crippen LogP contribution in [0.3, 0.4) is 0 Å². The number of aliphatic imine (C=N–C) groups is 1. The van der Waals surface area contributed by atoms with Crippen molar-refractivity contribution < 1.29 is 0 Å². The third kappa shape index (κ3) is 2.36. The molecule has 0 heterocycles. The Morgan fingerprint density at radius 1 is 1.10 bits per heavy atom. The number of nitrogens with two attached hydrogens (primary N) is 1. The number of guanidine groups is 1. The van der Waals surface area contributed by atoms with Gasteiger partial charge in [0.2, 0.25) is 0 Å². The summed E-state index contributed by atoms with van der Waals surface area (Å²) >= 11 is 0. The van der Waals surface area contributed by atoms with E-state index in [9.17, 15) is 0 Å². The van der Waals surface area contributed by atoms with E-state index in [1.165, 1.54) is 29.2 Å². The van der Waals surface area contributed by atoms with Crippen LogP contribution >= 0.6 is 0 Å². The molecule has 2 aliphatic rings. The highest BCUT2D eigenvalue weighted by atomic mass is 15.1. The molecule has 0 aliphatic heterocycles. The third-order valence-corrected chi connectivity index (χ3v) is 4.19. The lowest BCUT2D eigenvalue weighted by Crippen LogP contribution is -2.33. The van der Waals surface area contributed by atoms with E-state index >= 15 is 0 Å². The summed E-state index contributed by atoms with van der Waals surface area (Å²) in [6, 6.07) is 16.2. The van der Waals surface area contributed by atoms with Gasteiger partial charge in [0.25, 0.3) is 0 Å². The molecule has 2 aliphatic carbocycles. The van der Waals surface area contributed by atoms with Crippen LogP contribution in [0.5, 0.6) is 0 Å². The van der Waals surface area contributed by atoms with E-state index in [0.29, 0.717) is 24.0 Å². The highest BCUT2D eigenvalue weighted by Crippen LogP contribution is 2.44. The van der Waals surface area contributed by atoms with Crippen LogP contribution in [-0.2, 0) is 0 Å². The van der Waals surface area contributed by atoms with Crippen molar-refractivity contribution in [1.29, 1.82) is 0 Å². The maximum atomic E-state index is 5.93. The molecule has 2 aromatic rings. The SMILES string of the molecule is NC(=N[C@@H]1C[C@H]1c1ccc2ccccc2c1)NC1CC1. The standard InChI is InChI=1S/C17H19N3/c18-17(19-14-7-8-14)20-16-10-15(16)13-6-5-11-3-1-2-4-12(11)9-13/h1-6,9,14-16H,7-8,10H2,(H3,18,19,20)/t15-,16+/m0/s1. The Kier molecular flexibility index (Phi) is 2.66. The molecule has 3 N–H and O–H groups in total. The monoisotopic (exact) mass is 265 g/mol. The average Bonchev–Trinajstić information content (AvgIpc) is 3.36. The minimum absolute atomic E-state index is 0.363. The van der Waals surface area contributed by atoms with Crippen molar-refractivity contribution in [3.8, 4) is 0 Å². The normalized spacial score (nSPS) is 25.7. The van der Waals surface area contributed by atoms with Gasteiger partial charge in [-0.15, -0.1) is 0 Å². The van der Waals surface area contributed by atoms with Gasteiger partial charge in [-0.2, -0.15) is 0 Å². The van der Waals surface area contributed by atoms with Crippen LogP contribution < -0.4 is 11.1 Å². The fourth-order valence-corrected chi connectivity index (χ4v) is 2.77. The largest absolute Gasteiger partial charge is 0.370 e. The summed E-state index contributed by atoms with van der Waals surface area (Å²) in [5.74, 6) is 1.17. The van der Waals surface area contributed by atoms with E-state index < -0.39 is 0 Å². The zero-order valence-corrected chi connectivity index (χ0v) is 11.4.